The highest BCUT2D eigenvalue weighted by molar-refractivity contribution is 9.09. The number of hydrogen-bond donors (Lipinski definition) is 0. The van der Waals surface area contributed by atoms with Crippen molar-refractivity contribution in [3.8, 4) is 0 Å². The molecule has 0 spiro atoms. The van der Waals surface area contributed by atoms with Crippen molar-refractivity contribution in [1.29, 1.82) is 0 Å². The first-order chi connectivity index (χ1) is 9.40. The summed E-state index contributed by atoms with van der Waals surface area (Å²) in [5.74, 6) is 0.149. The van der Waals surface area contributed by atoms with Crippen molar-refractivity contribution in [2.24, 2.45) is 5.41 Å². The molecule has 5 heteroatoms. The van der Waals surface area contributed by atoms with Crippen molar-refractivity contribution in [2.45, 2.75) is 44.4 Å². The van der Waals surface area contributed by atoms with E-state index in [1.807, 2.05) is 0 Å². The van der Waals surface area contributed by atoms with Gasteiger partial charge >= 0.3 is 0 Å². The summed E-state index contributed by atoms with van der Waals surface area (Å²) in [7, 11) is -3.37. The Morgan fingerprint density at radius 2 is 1.70 bits per heavy atom. The van der Waals surface area contributed by atoms with Gasteiger partial charge in [0.1, 0.15) is 0 Å². The van der Waals surface area contributed by atoms with E-state index in [2.05, 4.69) is 29.8 Å². The topological polar surface area (TPSA) is 34.1 Å². The molecule has 0 unspecified atom stereocenters. The zero-order chi connectivity index (χ0) is 15.2. The van der Waals surface area contributed by atoms with Gasteiger partial charge in [0.25, 0.3) is 0 Å². The van der Waals surface area contributed by atoms with E-state index < -0.39 is 9.84 Å². The first kappa shape index (κ1) is 18.0. The Labute approximate surface area is 136 Å². The molecule has 114 valence electrons. The van der Waals surface area contributed by atoms with Crippen LogP contribution >= 0.6 is 27.5 Å². The summed E-state index contributed by atoms with van der Waals surface area (Å²) >= 11 is 9.57. The van der Waals surface area contributed by atoms with Crippen molar-refractivity contribution in [3.63, 3.8) is 0 Å². The fourth-order valence-corrected chi connectivity index (χ4v) is 6.19. The van der Waals surface area contributed by atoms with Gasteiger partial charge < -0.3 is 0 Å². The third-order valence-corrected chi connectivity index (χ3v) is 7.16. The van der Waals surface area contributed by atoms with Crippen LogP contribution in [0.4, 0.5) is 0 Å². The van der Waals surface area contributed by atoms with Crippen molar-refractivity contribution >= 4 is 37.4 Å². The van der Waals surface area contributed by atoms with Gasteiger partial charge in [0.05, 0.1) is 15.7 Å². The van der Waals surface area contributed by atoms with Crippen LogP contribution in [-0.4, -0.2) is 19.5 Å². The molecule has 0 fully saturated rings. The van der Waals surface area contributed by atoms with Crippen LogP contribution in [0.3, 0.4) is 0 Å². The fourth-order valence-electron chi connectivity index (χ4n) is 2.68. The minimum absolute atomic E-state index is 0.149. The zero-order valence-corrected chi connectivity index (χ0v) is 15.2. The predicted molar refractivity (Wildman–Crippen MR) is 89.5 cm³/mol. The number of sulfone groups is 1. The van der Waals surface area contributed by atoms with E-state index in [-0.39, 0.29) is 16.1 Å². The Balaban J connectivity index is 3.12. The van der Waals surface area contributed by atoms with Gasteiger partial charge in [-0.1, -0.05) is 66.4 Å². The molecule has 20 heavy (non-hydrogen) atoms. The van der Waals surface area contributed by atoms with Crippen LogP contribution < -0.4 is 0 Å². The molecule has 0 N–H and O–H groups in total. The average molecular weight is 382 g/mol. The van der Waals surface area contributed by atoms with Gasteiger partial charge in [-0.05, 0) is 30.4 Å². The molecule has 0 radical (unpaired) electrons. The lowest BCUT2D eigenvalue weighted by Gasteiger charge is -2.31. The van der Waals surface area contributed by atoms with E-state index >= 15 is 0 Å². The van der Waals surface area contributed by atoms with Crippen molar-refractivity contribution in [3.05, 3.63) is 29.3 Å². The molecule has 1 rings (SSSR count). The second-order valence-electron chi connectivity index (χ2n) is 5.32. The largest absolute Gasteiger partial charge is 0.224 e. The lowest BCUT2D eigenvalue weighted by atomic mass is 9.83. The number of alkyl halides is 1. The third kappa shape index (κ3) is 4.47. The normalized spacial score (nSPS) is 12.6. The SMILES string of the molecule is CCCC(CBr)(CCC)CS(=O)(=O)c1ccccc1Cl. The molecular weight excluding hydrogens is 360 g/mol. The quantitative estimate of drug-likeness (QED) is 0.587. The summed E-state index contributed by atoms with van der Waals surface area (Å²) in [6.07, 6.45) is 3.75. The molecule has 0 amide bonds. The molecule has 0 saturated carbocycles. The Kier molecular flexibility index (Phi) is 7.02. The smallest absolute Gasteiger partial charge is 0.180 e. The Morgan fingerprint density at radius 1 is 1.15 bits per heavy atom. The molecule has 1 aromatic carbocycles. The maximum Gasteiger partial charge on any atom is 0.180 e. The third-order valence-electron chi connectivity index (χ3n) is 3.51. The Hall–Kier alpha value is -0.0600. The van der Waals surface area contributed by atoms with Crippen LogP contribution in [0.5, 0.6) is 0 Å². The van der Waals surface area contributed by atoms with Crippen LogP contribution in [0.2, 0.25) is 5.02 Å². The lowest BCUT2D eigenvalue weighted by molar-refractivity contribution is 0.314. The average Bonchev–Trinajstić information content (AvgIpc) is 2.39. The van der Waals surface area contributed by atoms with E-state index in [0.29, 0.717) is 10.4 Å². The number of hydrogen-bond acceptors (Lipinski definition) is 2. The van der Waals surface area contributed by atoms with Crippen LogP contribution in [-0.2, 0) is 9.84 Å². The second-order valence-corrected chi connectivity index (χ2v) is 8.25. The Bertz CT molecular complexity index is 522. The van der Waals surface area contributed by atoms with Gasteiger partial charge in [-0.15, -0.1) is 0 Å². The van der Waals surface area contributed by atoms with E-state index in [9.17, 15) is 8.42 Å². The van der Waals surface area contributed by atoms with Crippen LogP contribution in [0, 0.1) is 5.41 Å². The van der Waals surface area contributed by atoms with Gasteiger partial charge in [0, 0.05) is 5.33 Å². The second kappa shape index (κ2) is 7.81. The molecular formula is C15H22BrClO2S. The molecule has 0 bridgehead atoms. The van der Waals surface area contributed by atoms with Gasteiger partial charge in [-0.2, -0.15) is 0 Å². The molecule has 0 aliphatic rings. The predicted octanol–water partition coefficient (Wildman–Crippen LogP) is 5.10. The summed E-state index contributed by atoms with van der Waals surface area (Å²) in [6.45, 7) is 4.18. The van der Waals surface area contributed by atoms with Gasteiger partial charge in [0.2, 0.25) is 0 Å². The van der Waals surface area contributed by atoms with Gasteiger partial charge in [0.15, 0.2) is 9.84 Å². The highest BCUT2D eigenvalue weighted by Gasteiger charge is 2.34. The molecule has 2 nitrogen and oxygen atoms in total. The molecule has 0 aliphatic carbocycles. The highest BCUT2D eigenvalue weighted by atomic mass is 79.9. The van der Waals surface area contributed by atoms with Gasteiger partial charge in [-0.25, -0.2) is 8.42 Å². The molecule has 0 aliphatic heterocycles. The summed E-state index contributed by atoms with van der Waals surface area (Å²) in [4.78, 5) is 0.249. The zero-order valence-electron chi connectivity index (χ0n) is 12.0. The Morgan fingerprint density at radius 3 is 2.15 bits per heavy atom. The van der Waals surface area contributed by atoms with Crippen LogP contribution in [0.25, 0.3) is 0 Å². The van der Waals surface area contributed by atoms with Crippen molar-refractivity contribution < 1.29 is 8.42 Å². The molecule has 1 aromatic rings. The minimum Gasteiger partial charge on any atom is -0.224 e. The summed E-state index contributed by atoms with van der Waals surface area (Å²) in [6, 6.07) is 6.68. The lowest BCUT2D eigenvalue weighted by Crippen LogP contribution is -2.32. The van der Waals surface area contributed by atoms with E-state index in [1.54, 1.807) is 24.3 Å². The van der Waals surface area contributed by atoms with Crippen LogP contribution in [0.15, 0.2) is 29.2 Å². The van der Waals surface area contributed by atoms with E-state index in [0.717, 1.165) is 25.7 Å². The van der Waals surface area contributed by atoms with E-state index in [4.69, 9.17) is 11.6 Å². The summed E-state index contributed by atoms with van der Waals surface area (Å²) in [5.41, 5.74) is -0.207. The minimum atomic E-state index is -3.37. The molecule has 0 heterocycles. The van der Waals surface area contributed by atoms with Gasteiger partial charge in [-0.3, -0.25) is 0 Å². The summed E-state index contributed by atoms with van der Waals surface area (Å²) in [5, 5.41) is 1.01. The number of rotatable bonds is 8. The monoisotopic (exact) mass is 380 g/mol. The first-order valence-electron chi connectivity index (χ1n) is 6.94. The molecule has 0 atom stereocenters. The fraction of sp³-hybridized carbons (Fsp3) is 0.600. The maximum atomic E-state index is 12.7. The molecule has 0 aromatic heterocycles. The first-order valence-corrected chi connectivity index (χ1v) is 10.1. The highest BCUT2D eigenvalue weighted by Crippen LogP contribution is 2.36. The number of halogens is 2. The maximum absolute atomic E-state index is 12.7. The van der Waals surface area contributed by atoms with E-state index in [1.165, 1.54) is 0 Å². The standard InChI is InChI=1S/C15H22BrClO2S/c1-3-9-15(11-16,10-4-2)12-20(18,19)14-8-6-5-7-13(14)17/h5-8H,3-4,9-12H2,1-2H3. The van der Waals surface area contributed by atoms with Crippen molar-refractivity contribution in [1.82, 2.24) is 0 Å². The number of benzene rings is 1. The summed E-state index contributed by atoms with van der Waals surface area (Å²) < 4.78 is 25.3. The molecule has 0 saturated heterocycles. The van der Waals surface area contributed by atoms with Crippen LogP contribution in [0.1, 0.15) is 39.5 Å². The van der Waals surface area contributed by atoms with Crippen molar-refractivity contribution in [2.75, 3.05) is 11.1 Å².